The highest BCUT2D eigenvalue weighted by molar-refractivity contribution is 6.08. The zero-order valence-corrected chi connectivity index (χ0v) is 15.4. The number of anilines is 1. The van der Waals surface area contributed by atoms with Crippen LogP contribution in [0.3, 0.4) is 0 Å². The first-order valence-electron chi connectivity index (χ1n) is 9.10. The van der Waals surface area contributed by atoms with Crippen LogP contribution in [-0.4, -0.2) is 26.1 Å². The summed E-state index contributed by atoms with van der Waals surface area (Å²) in [4.78, 5) is 14.5. The molecular formula is C22H23N3O2. The van der Waals surface area contributed by atoms with Gasteiger partial charge in [-0.2, -0.15) is 5.26 Å². The normalized spacial score (nSPS) is 13.5. The number of benzene rings is 2. The Morgan fingerprint density at radius 1 is 1.26 bits per heavy atom. The summed E-state index contributed by atoms with van der Waals surface area (Å²) < 4.78 is 5.34. The van der Waals surface area contributed by atoms with E-state index in [4.69, 9.17) is 4.74 Å². The topological polar surface area (TPSA) is 65.4 Å². The Kier molecular flexibility index (Phi) is 6.11. The number of aryl methyl sites for hydroxylation is 1. The summed E-state index contributed by atoms with van der Waals surface area (Å²) in [6, 6.07) is 17.7. The van der Waals surface area contributed by atoms with Gasteiger partial charge >= 0.3 is 0 Å². The molecule has 1 heterocycles. The number of carbonyl (C=O) groups is 1. The lowest BCUT2D eigenvalue weighted by Gasteiger charge is -2.29. The molecule has 0 saturated heterocycles. The summed E-state index contributed by atoms with van der Waals surface area (Å²) in [5.74, 6) is 0.583. The predicted molar refractivity (Wildman–Crippen MR) is 106 cm³/mol. The molecule has 2 aromatic carbocycles. The highest BCUT2D eigenvalue weighted by Gasteiger charge is 2.24. The van der Waals surface area contributed by atoms with E-state index in [1.165, 1.54) is 6.20 Å². The number of rotatable bonds is 6. The second kappa shape index (κ2) is 8.91. The smallest absolute Gasteiger partial charge is 0.270 e. The third-order valence-corrected chi connectivity index (χ3v) is 4.68. The summed E-state index contributed by atoms with van der Waals surface area (Å²) in [6.07, 6.45) is 4.13. The zero-order chi connectivity index (χ0) is 19.1. The number of ether oxygens (including phenoxy) is 1. The first-order chi connectivity index (χ1) is 13.2. The van der Waals surface area contributed by atoms with Gasteiger partial charge < -0.3 is 15.0 Å². The van der Waals surface area contributed by atoms with Crippen LogP contribution in [-0.2, 0) is 17.6 Å². The molecule has 0 unspecified atom stereocenters. The van der Waals surface area contributed by atoms with E-state index < -0.39 is 0 Å². The maximum absolute atomic E-state index is 12.8. The van der Waals surface area contributed by atoms with Gasteiger partial charge in [-0.1, -0.05) is 36.4 Å². The van der Waals surface area contributed by atoms with Gasteiger partial charge in [-0.05, 0) is 42.5 Å². The van der Waals surface area contributed by atoms with E-state index >= 15 is 0 Å². The van der Waals surface area contributed by atoms with Gasteiger partial charge in [-0.3, -0.25) is 4.79 Å². The second-order valence-electron chi connectivity index (χ2n) is 6.37. The van der Waals surface area contributed by atoms with Crippen molar-refractivity contribution >= 4 is 11.6 Å². The number of amides is 1. The number of fused-ring (bicyclic) bond motifs is 1. The van der Waals surface area contributed by atoms with Crippen molar-refractivity contribution in [2.45, 2.75) is 19.3 Å². The van der Waals surface area contributed by atoms with Crippen molar-refractivity contribution < 1.29 is 9.53 Å². The van der Waals surface area contributed by atoms with Gasteiger partial charge in [-0.15, -0.1) is 0 Å². The molecule has 0 aromatic heterocycles. The van der Waals surface area contributed by atoms with Gasteiger partial charge in [0.05, 0.1) is 7.11 Å². The number of methoxy groups -OCH3 is 1. The summed E-state index contributed by atoms with van der Waals surface area (Å²) in [6.45, 7) is 1.24. The molecule has 0 spiro atoms. The highest BCUT2D eigenvalue weighted by Crippen LogP contribution is 2.27. The van der Waals surface area contributed by atoms with Gasteiger partial charge in [0.25, 0.3) is 5.91 Å². The Labute approximate surface area is 159 Å². The molecule has 27 heavy (non-hydrogen) atoms. The van der Waals surface area contributed by atoms with Crippen molar-refractivity contribution in [1.29, 1.82) is 5.26 Å². The second-order valence-corrected chi connectivity index (χ2v) is 6.37. The van der Waals surface area contributed by atoms with E-state index in [0.29, 0.717) is 13.1 Å². The maximum Gasteiger partial charge on any atom is 0.270 e. The molecular weight excluding hydrogens is 338 g/mol. The molecule has 2 aromatic rings. The van der Waals surface area contributed by atoms with Gasteiger partial charge in [-0.25, -0.2) is 0 Å². The fourth-order valence-corrected chi connectivity index (χ4v) is 3.32. The number of hydrogen-bond acceptors (Lipinski definition) is 4. The molecule has 5 nitrogen and oxygen atoms in total. The summed E-state index contributed by atoms with van der Waals surface area (Å²) >= 11 is 0. The lowest BCUT2D eigenvalue weighted by atomic mass is 10.0. The van der Waals surface area contributed by atoms with Crippen LogP contribution in [0.15, 0.2) is 60.3 Å². The van der Waals surface area contributed by atoms with Gasteiger partial charge in [0.2, 0.25) is 0 Å². The van der Waals surface area contributed by atoms with Crippen LogP contribution in [0.5, 0.6) is 5.75 Å². The van der Waals surface area contributed by atoms with E-state index in [-0.39, 0.29) is 11.5 Å². The van der Waals surface area contributed by atoms with Crippen molar-refractivity contribution in [1.82, 2.24) is 5.32 Å². The number of para-hydroxylation sites is 2. The third-order valence-electron chi connectivity index (χ3n) is 4.68. The van der Waals surface area contributed by atoms with Crippen LogP contribution in [0.25, 0.3) is 0 Å². The van der Waals surface area contributed by atoms with Gasteiger partial charge in [0.15, 0.2) is 0 Å². The van der Waals surface area contributed by atoms with E-state index in [1.54, 1.807) is 12.0 Å². The first kappa shape index (κ1) is 18.5. The quantitative estimate of drug-likeness (QED) is 0.487. The summed E-state index contributed by atoms with van der Waals surface area (Å²) in [5.41, 5.74) is 3.25. The molecule has 1 aliphatic rings. The standard InChI is InChI=1S/C22H23N3O2/c1-27-21-11-5-3-8-18(21)12-13-24-16-19(15-23)22(26)25-14-6-9-17-7-2-4-10-20(17)25/h2-5,7-8,10-11,16,24H,6,9,12-14H2,1H3/b19-16-. The van der Waals surface area contributed by atoms with Gasteiger partial charge in [0.1, 0.15) is 17.4 Å². The van der Waals surface area contributed by atoms with Crippen molar-refractivity contribution in [3.05, 3.63) is 71.4 Å². The highest BCUT2D eigenvalue weighted by atomic mass is 16.5. The number of nitriles is 1. The number of carbonyl (C=O) groups excluding carboxylic acids is 1. The molecule has 1 aliphatic heterocycles. The lowest BCUT2D eigenvalue weighted by molar-refractivity contribution is -0.114. The number of hydrogen-bond donors (Lipinski definition) is 1. The molecule has 138 valence electrons. The molecule has 1 N–H and O–H groups in total. The molecule has 0 atom stereocenters. The van der Waals surface area contributed by atoms with Crippen LogP contribution in [0.2, 0.25) is 0 Å². The van der Waals surface area contributed by atoms with E-state index in [0.717, 1.165) is 41.8 Å². The van der Waals surface area contributed by atoms with Crippen molar-refractivity contribution in [3.8, 4) is 11.8 Å². The van der Waals surface area contributed by atoms with Crippen LogP contribution < -0.4 is 15.0 Å². The van der Waals surface area contributed by atoms with Crippen LogP contribution in [0, 0.1) is 11.3 Å². The van der Waals surface area contributed by atoms with Gasteiger partial charge in [0, 0.05) is 25.0 Å². The number of nitrogens with zero attached hydrogens (tertiary/aromatic N) is 2. The monoisotopic (exact) mass is 361 g/mol. The Morgan fingerprint density at radius 3 is 2.85 bits per heavy atom. The zero-order valence-electron chi connectivity index (χ0n) is 15.4. The van der Waals surface area contributed by atoms with Crippen molar-refractivity contribution in [2.24, 2.45) is 0 Å². The largest absolute Gasteiger partial charge is 0.496 e. The lowest BCUT2D eigenvalue weighted by Crippen LogP contribution is -2.36. The summed E-state index contributed by atoms with van der Waals surface area (Å²) in [5, 5.41) is 12.5. The minimum atomic E-state index is -0.255. The van der Waals surface area contributed by atoms with E-state index in [9.17, 15) is 10.1 Å². The van der Waals surface area contributed by atoms with Crippen LogP contribution >= 0.6 is 0 Å². The average Bonchev–Trinajstić information content (AvgIpc) is 2.73. The first-order valence-corrected chi connectivity index (χ1v) is 9.10. The Bertz CT molecular complexity index is 883. The molecule has 0 aliphatic carbocycles. The Morgan fingerprint density at radius 2 is 2.04 bits per heavy atom. The Balaban J connectivity index is 1.65. The molecule has 1 amide bonds. The number of nitrogens with one attached hydrogen (secondary N) is 1. The van der Waals surface area contributed by atoms with E-state index in [2.05, 4.69) is 5.32 Å². The van der Waals surface area contributed by atoms with Crippen LogP contribution in [0.4, 0.5) is 5.69 Å². The molecule has 0 saturated carbocycles. The molecule has 3 rings (SSSR count). The van der Waals surface area contributed by atoms with E-state index in [1.807, 2.05) is 54.6 Å². The molecule has 0 radical (unpaired) electrons. The SMILES string of the molecule is COc1ccccc1CCN/C=C(/C#N)C(=O)N1CCCc2ccccc21. The predicted octanol–water partition coefficient (Wildman–Crippen LogP) is 3.21. The fourth-order valence-electron chi connectivity index (χ4n) is 3.32. The fraction of sp³-hybridized carbons (Fsp3) is 0.273. The Hall–Kier alpha value is -3.26. The minimum Gasteiger partial charge on any atom is -0.496 e. The maximum atomic E-state index is 12.8. The minimum absolute atomic E-state index is 0.117. The van der Waals surface area contributed by atoms with Crippen molar-refractivity contribution in [2.75, 3.05) is 25.1 Å². The third kappa shape index (κ3) is 4.29. The molecule has 0 fully saturated rings. The molecule has 0 bridgehead atoms. The van der Waals surface area contributed by atoms with Crippen LogP contribution in [0.1, 0.15) is 17.5 Å². The van der Waals surface area contributed by atoms with Crippen molar-refractivity contribution in [3.63, 3.8) is 0 Å². The summed E-state index contributed by atoms with van der Waals surface area (Å²) in [7, 11) is 1.65. The molecule has 5 heteroatoms. The average molecular weight is 361 g/mol.